The van der Waals surface area contributed by atoms with E-state index in [2.05, 4.69) is 31.3 Å². The molecule has 1 saturated heterocycles. The number of aromatic nitrogens is 3. The van der Waals surface area contributed by atoms with Crippen LogP contribution in [0.5, 0.6) is 5.75 Å². The molecule has 5 nitrogen and oxygen atoms in total. The Morgan fingerprint density at radius 3 is 3.10 bits per heavy atom. The van der Waals surface area contributed by atoms with E-state index in [1.165, 1.54) is 0 Å². The van der Waals surface area contributed by atoms with Gasteiger partial charge < -0.3 is 9.64 Å². The lowest BCUT2D eigenvalue weighted by Crippen LogP contribution is -2.49. The molecule has 0 amide bonds. The lowest BCUT2D eigenvalue weighted by Gasteiger charge is -2.40. The summed E-state index contributed by atoms with van der Waals surface area (Å²) in [6.45, 7) is 2.67. The molecule has 1 aliphatic heterocycles. The maximum Gasteiger partial charge on any atom is 0.140 e. The number of fused-ring (bicyclic) bond motifs is 1. The summed E-state index contributed by atoms with van der Waals surface area (Å²) in [5, 5.41) is 3.21. The van der Waals surface area contributed by atoms with Crippen LogP contribution >= 0.6 is 11.3 Å². The van der Waals surface area contributed by atoms with Crippen LogP contribution in [0.25, 0.3) is 10.2 Å². The second-order valence-corrected chi connectivity index (χ2v) is 6.00. The van der Waals surface area contributed by atoms with Crippen LogP contribution in [0.1, 0.15) is 0 Å². The molecular formula is C15H14N4OS. The third kappa shape index (κ3) is 2.42. The third-order valence-electron chi connectivity index (χ3n) is 3.62. The van der Waals surface area contributed by atoms with Crippen molar-refractivity contribution in [3.63, 3.8) is 0 Å². The zero-order chi connectivity index (χ0) is 14.1. The molecule has 0 N–H and O–H groups in total. The minimum Gasteiger partial charge on any atom is -0.492 e. The fraction of sp³-hybridized carbons (Fsp3) is 0.267. The van der Waals surface area contributed by atoms with E-state index >= 15 is 0 Å². The summed E-state index contributed by atoms with van der Waals surface area (Å²) >= 11 is 1.65. The first-order chi connectivity index (χ1) is 10.4. The minimum atomic E-state index is 0.536. The molecular weight excluding hydrogens is 284 g/mol. The number of hydrogen-bond acceptors (Lipinski definition) is 6. The third-order valence-corrected chi connectivity index (χ3v) is 4.44. The molecule has 3 aromatic heterocycles. The molecule has 0 aromatic carbocycles. The van der Waals surface area contributed by atoms with Gasteiger partial charge in [0.25, 0.3) is 0 Å². The molecule has 0 saturated carbocycles. The second-order valence-electron chi connectivity index (χ2n) is 5.11. The van der Waals surface area contributed by atoms with Gasteiger partial charge in [-0.3, -0.25) is 4.98 Å². The van der Waals surface area contributed by atoms with Crippen LogP contribution in [0.4, 0.5) is 5.82 Å². The molecule has 106 valence electrons. The summed E-state index contributed by atoms with van der Waals surface area (Å²) < 4.78 is 5.75. The van der Waals surface area contributed by atoms with Crippen molar-refractivity contribution in [2.24, 2.45) is 5.92 Å². The Bertz CT molecular complexity index is 740. The summed E-state index contributed by atoms with van der Waals surface area (Å²) in [6.07, 6.45) is 5.14. The Morgan fingerprint density at radius 1 is 1.29 bits per heavy atom. The van der Waals surface area contributed by atoms with Crippen LogP contribution in [0, 0.1) is 5.92 Å². The van der Waals surface area contributed by atoms with Crippen LogP contribution in [-0.4, -0.2) is 34.6 Å². The van der Waals surface area contributed by atoms with Gasteiger partial charge in [-0.1, -0.05) is 0 Å². The SMILES string of the molecule is c1cncc(OCC2CN(c3ncnc4sccc34)C2)c1. The highest BCUT2D eigenvalue weighted by Gasteiger charge is 2.29. The van der Waals surface area contributed by atoms with E-state index in [4.69, 9.17) is 4.74 Å². The molecule has 3 aromatic rings. The molecule has 0 atom stereocenters. The van der Waals surface area contributed by atoms with Crippen LogP contribution < -0.4 is 9.64 Å². The van der Waals surface area contributed by atoms with Gasteiger partial charge in [0.2, 0.25) is 0 Å². The van der Waals surface area contributed by atoms with E-state index in [1.807, 2.05) is 12.1 Å². The van der Waals surface area contributed by atoms with Gasteiger partial charge in [0, 0.05) is 25.2 Å². The Balaban J connectivity index is 1.38. The van der Waals surface area contributed by atoms with Gasteiger partial charge in [-0.05, 0) is 23.6 Å². The topological polar surface area (TPSA) is 51.1 Å². The highest BCUT2D eigenvalue weighted by Crippen LogP contribution is 2.31. The van der Waals surface area contributed by atoms with Crippen molar-refractivity contribution in [2.45, 2.75) is 0 Å². The average Bonchev–Trinajstić information content (AvgIpc) is 2.96. The van der Waals surface area contributed by atoms with E-state index in [0.29, 0.717) is 5.92 Å². The van der Waals surface area contributed by atoms with Gasteiger partial charge in [-0.2, -0.15) is 0 Å². The summed E-state index contributed by atoms with van der Waals surface area (Å²) in [7, 11) is 0. The number of nitrogens with zero attached hydrogens (tertiary/aromatic N) is 4. The highest BCUT2D eigenvalue weighted by atomic mass is 32.1. The summed E-state index contributed by atoms with van der Waals surface area (Å²) in [5.41, 5.74) is 0. The zero-order valence-electron chi connectivity index (χ0n) is 11.3. The maximum absolute atomic E-state index is 5.75. The van der Waals surface area contributed by atoms with Crippen molar-refractivity contribution >= 4 is 27.4 Å². The molecule has 0 spiro atoms. The van der Waals surface area contributed by atoms with Crippen molar-refractivity contribution < 1.29 is 4.74 Å². The van der Waals surface area contributed by atoms with Crippen molar-refractivity contribution in [3.05, 3.63) is 42.3 Å². The van der Waals surface area contributed by atoms with E-state index in [9.17, 15) is 0 Å². The van der Waals surface area contributed by atoms with E-state index in [1.54, 1.807) is 30.1 Å². The zero-order valence-corrected chi connectivity index (χ0v) is 12.2. The lowest BCUT2D eigenvalue weighted by molar-refractivity contribution is 0.220. The number of ether oxygens (including phenoxy) is 1. The van der Waals surface area contributed by atoms with Gasteiger partial charge in [-0.25, -0.2) is 9.97 Å². The summed E-state index contributed by atoms with van der Waals surface area (Å²) in [4.78, 5) is 16.1. The normalized spacial score (nSPS) is 15.1. The predicted octanol–water partition coefficient (Wildman–Crippen LogP) is 2.60. The van der Waals surface area contributed by atoms with Crippen molar-refractivity contribution in [1.82, 2.24) is 15.0 Å². The fourth-order valence-electron chi connectivity index (χ4n) is 2.52. The molecule has 1 aliphatic rings. The molecule has 0 aliphatic carbocycles. The van der Waals surface area contributed by atoms with E-state index in [-0.39, 0.29) is 0 Å². The van der Waals surface area contributed by atoms with Gasteiger partial charge in [0.15, 0.2) is 0 Å². The number of anilines is 1. The highest BCUT2D eigenvalue weighted by molar-refractivity contribution is 7.16. The first-order valence-corrected chi connectivity index (χ1v) is 7.74. The standard InChI is InChI=1S/C15H14N4OS/c1-2-12(6-16-4-1)20-9-11-7-19(8-11)14-13-3-5-21-15(13)18-10-17-14/h1-6,10-11H,7-9H2. The Labute approximate surface area is 126 Å². The van der Waals surface area contributed by atoms with Crippen LogP contribution in [0.15, 0.2) is 42.3 Å². The molecule has 0 radical (unpaired) electrons. The summed E-state index contributed by atoms with van der Waals surface area (Å²) in [5.74, 6) is 2.41. The molecule has 4 rings (SSSR count). The van der Waals surface area contributed by atoms with Gasteiger partial charge >= 0.3 is 0 Å². The Kier molecular flexibility index (Phi) is 3.16. The number of pyridine rings is 1. The first-order valence-electron chi connectivity index (χ1n) is 6.86. The lowest BCUT2D eigenvalue weighted by atomic mass is 10.0. The second kappa shape index (κ2) is 5.29. The van der Waals surface area contributed by atoms with Crippen LogP contribution in [0.3, 0.4) is 0 Å². The molecule has 1 fully saturated rings. The first kappa shape index (κ1) is 12.5. The number of rotatable bonds is 4. The fourth-order valence-corrected chi connectivity index (χ4v) is 3.25. The predicted molar refractivity (Wildman–Crippen MR) is 82.9 cm³/mol. The minimum absolute atomic E-state index is 0.536. The van der Waals surface area contributed by atoms with Gasteiger partial charge in [-0.15, -0.1) is 11.3 Å². The van der Waals surface area contributed by atoms with Gasteiger partial charge in [0.05, 0.1) is 18.2 Å². The monoisotopic (exact) mass is 298 g/mol. The van der Waals surface area contributed by atoms with Crippen LogP contribution in [0.2, 0.25) is 0 Å². The van der Waals surface area contributed by atoms with Gasteiger partial charge in [0.1, 0.15) is 22.7 Å². The smallest absolute Gasteiger partial charge is 0.140 e. The average molecular weight is 298 g/mol. The van der Waals surface area contributed by atoms with E-state index < -0.39 is 0 Å². The Hall–Kier alpha value is -2.21. The van der Waals surface area contributed by atoms with E-state index in [0.717, 1.165) is 41.5 Å². The number of hydrogen-bond donors (Lipinski definition) is 0. The van der Waals surface area contributed by atoms with Crippen molar-refractivity contribution in [1.29, 1.82) is 0 Å². The molecule has 4 heterocycles. The number of thiophene rings is 1. The largest absolute Gasteiger partial charge is 0.492 e. The summed E-state index contributed by atoms with van der Waals surface area (Å²) in [6, 6.07) is 5.91. The molecule has 0 bridgehead atoms. The molecule has 21 heavy (non-hydrogen) atoms. The van der Waals surface area contributed by atoms with Crippen LogP contribution in [-0.2, 0) is 0 Å². The molecule has 6 heteroatoms. The Morgan fingerprint density at radius 2 is 2.24 bits per heavy atom. The van der Waals surface area contributed by atoms with Crippen molar-refractivity contribution in [3.8, 4) is 5.75 Å². The quantitative estimate of drug-likeness (QED) is 0.741. The molecule has 0 unspecified atom stereocenters. The van der Waals surface area contributed by atoms with Crippen molar-refractivity contribution in [2.75, 3.05) is 24.6 Å². The maximum atomic E-state index is 5.75.